The van der Waals surface area contributed by atoms with Crippen LogP contribution in [0.15, 0.2) is 0 Å². The minimum Gasteiger partial charge on any atom is -0.543 e. The maximum Gasteiger partial charge on any atom is 0.331 e. The summed E-state index contributed by atoms with van der Waals surface area (Å²) in [5.41, 5.74) is -3.39. The molecule has 0 rings (SSSR count). The molecule has 0 heterocycles. The summed E-state index contributed by atoms with van der Waals surface area (Å²) >= 11 is 0. The number of hydrogen-bond acceptors (Lipinski definition) is 5. The second-order valence-corrected chi connectivity index (χ2v) is 12.0. The summed E-state index contributed by atoms with van der Waals surface area (Å²) in [5, 5.41) is 23.9. The van der Waals surface area contributed by atoms with Crippen molar-refractivity contribution in [2.24, 2.45) is 5.41 Å². The van der Waals surface area contributed by atoms with Gasteiger partial charge in [0.05, 0.1) is 21.1 Å². The Morgan fingerprint density at radius 1 is 0.867 bits per heavy atom. The molecule has 0 aromatic rings. The van der Waals surface area contributed by atoms with Gasteiger partial charge in [0.1, 0.15) is 11.6 Å². The normalized spacial score (nSPS) is 17.4. The molecule has 0 amide bonds. The van der Waals surface area contributed by atoms with Gasteiger partial charge < -0.3 is 19.5 Å². The van der Waals surface area contributed by atoms with Crippen molar-refractivity contribution in [3.8, 4) is 0 Å². The Balaban J connectivity index is 5.40. The van der Waals surface area contributed by atoms with E-state index in [9.17, 15) is 28.0 Å². The first-order valence-corrected chi connectivity index (χ1v) is 12.7. The molecule has 0 aromatic heterocycles. The predicted molar refractivity (Wildman–Crippen MR) is 118 cm³/mol. The van der Waals surface area contributed by atoms with Crippen LogP contribution in [0.2, 0.25) is 0 Å². The smallest absolute Gasteiger partial charge is 0.331 e. The quantitative estimate of drug-likeness (QED) is 0.225. The third-order valence-corrected chi connectivity index (χ3v) is 8.09. The van der Waals surface area contributed by atoms with E-state index in [-0.39, 0.29) is 6.42 Å². The van der Waals surface area contributed by atoms with Gasteiger partial charge in [0.2, 0.25) is 0 Å². The summed E-state index contributed by atoms with van der Waals surface area (Å²) in [6.07, 6.45) is 10.5. The molecule has 7 nitrogen and oxygen atoms in total. The number of hydrogen-bond donors (Lipinski definition) is 2. The molecule has 0 aliphatic rings. The molecule has 0 fully saturated rings. The van der Waals surface area contributed by atoms with Gasteiger partial charge in [-0.15, -0.1) is 0 Å². The first kappa shape index (κ1) is 29.3. The van der Waals surface area contributed by atoms with Gasteiger partial charge in [-0.25, -0.2) is 0 Å². The molecule has 8 heteroatoms. The standard InChI is InChI=1S/C22H45NO6S/c1-8-9-10-11-12-13-14-15-16-17-18-21(26,20(2,3)4)22(19(24)25,23(5,6)7)30(27,28)29/h26H,8-18H2,1-7H3,(H-,24,25,27,28,29). The molecule has 0 bridgehead atoms. The largest absolute Gasteiger partial charge is 0.543 e. The Labute approximate surface area is 184 Å². The van der Waals surface area contributed by atoms with Crippen molar-refractivity contribution >= 4 is 16.1 Å². The SMILES string of the molecule is CCCCCCCCCCCCC(O)(C(C)(C)C)C(C(=O)[O-])([N+](C)(C)C)S(=O)(=O)O. The molecule has 0 saturated carbocycles. The molecule has 0 aliphatic carbocycles. The topological polar surface area (TPSA) is 115 Å². The number of unbranched alkanes of at least 4 members (excludes halogenated alkanes) is 9. The molecule has 2 N–H and O–H groups in total. The number of carbonyl (C=O) groups excluding carboxylic acids is 1. The maximum absolute atomic E-state index is 12.5. The van der Waals surface area contributed by atoms with Crippen molar-refractivity contribution in [1.82, 2.24) is 0 Å². The Hall–Kier alpha value is -0.700. The van der Waals surface area contributed by atoms with E-state index in [1.807, 2.05) is 0 Å². The fourth-order valence-corrected chi connectivity index (χ4v) is 6.32. The maximum atomic E-state index is 12.5. The summed E-state index contributed by atoms with van der Waals surface area (Å²) < 4.78 is 34.3. The highest BCUT2D eigenvalue weighted by Crippen LogP contribution is 2.49. The zero-order chi connectivity index (χ0) is 23.9. The van der Waals surface area contributed by atoms with Crippen LogP contribution in [0, 0.1) is 5.41 Å². The van der Waals surface area contributed by atoms with Gasteiger partial charge in [-0.05, 0) is 11.8 Å². The van der Waals surface area contributed by atoms with Crippen LogP contribution >= 0.6 is 0 Å². The predicted octanol–water partition coefficient (Wildman–Crippen LogP) is 3.11. The molecular formula is C22H45NO6S. The zero-order valence-electron chi connectivity index (χ0n) is 20.2. The number of carboxylic acid groups (broad SMARTS) is 1. The Morgan fingerprint density at radius 3 is 1.50 bits per heavy atom. The number of carboxylic acids is 1. The van der Waals surface area contributed by atoms with Crippen LogP contribution in [0.1, 0.15) is 98.3 Å². The molecule has 0 spiro atoms. The lowest BCUT2D eigenvalue weighted by Gasteiger charge is -2.56. The minimum atomic E-state index is -5.23. The average molecular weight is 452 g/mol. The monoisotopic (exact) mass is 451 g/mol. The van der Waals surface area contributed by atoms with Crippen molar-refractivity contribution < 1.29 is 32.5 Å². The van der Waals surface area contributed by atoms with Crippen molar-refractivity contribution in [3.05, 3.63) is 0 Å². The van der Waals surface area contributed by atoms with E-state index in [1.54, 1.807) is 20.8 Å². The van der Waals surface area contributed by atoms with Gasteiger partial charge in [0.15, 0.2) is 0 Å². The molecule has 0 radical (unpaired) electrons. The van der Waals surface area contributed by atoms with E-state index < -0.39 is 36.5 Å². The van der Waals surface area contributed by atoms with Gasteiger partial charge in [0.25, 0.3) is 4.87 Å². The molecule has 30 heavy (non-hydrogen) atoms. The number of nitrogens with zero attached hydrogens (tertiary/aromatic N) is 1. The summed E-state index contributed by atoms with van der Waals surface area (Å²) in [6.45, 7) is 6.94. The average Bonchev–Trinajstić information content (AvgIpc) is 2.52. The van der Waals surface area contributed by atoms with Crippen molar-refractivity contribution in [2.45, 2.75) is 109 Å². The molecule has 2 atom stereocenters. The van der Waals surface area contributed by atoms with Gasteiger partial charge in [-0.3, -0.25) is 4.55 Å². The Kier molecular flexibility index (Phi) is 11.0. The van der Waals surface area contributed by atoms with E-state index in [2.05, 4.69) is 6.92 Å². The first-order valence-electron chi connectivity index (χ1n) is 11.2. The molecule has 2 unspecified atom stereocenters. The molecule has 0 aromatic carbocycles. The Morgan fingerprint density at radius 2 is 1.23 bits per heavy atom. The lowest BCUT2D eigenvalue weighted by atomic mass is 9.67. The number of quaternary nitrogens is 1. The van der Waals surface area contributed by atoms with Crippen molar-refractivity contribution in [2.75, 3.05) is 21.1 Å². The van der Waals surface area contributed by atoms with Crippen LogP contribution in [0.3, 0.4) is 0 Å². The summed E-state index contributed by atoms with van der Waals surface area (Å²) in [6, 6.07) is 0. The van der Waals surface area contributed by atoms with Gasteiger partial charge in [0, 0.05) is 0 Å². The number of aliphatic hydroxyl groups is 1. The highest BCUT2D eigenvalue weighted by atomic mass is 32.2. The van der Waals surface area contributed by atoms with Gasteiger partial charge in [-0.1, -0.05) is 91.9 Å². The number of rotatable bonds is 15. The highest BCUT2D eigenvalue weighted by molar-refractivity contribution is 7.88. The molecule has 180 valence electrons. The van der Waals surface area contributed by atoms with Crippen molar-refractivity contribution in [1.29, 1.82) is 0 Å². The lowest BCUT2D eigenvalue weighted by molar-refractivity contribution is -0.910. The summed E-state index contributed by atoms with van der Waals surface area (Å²) in [4.78, 5) is 9.35. The third-order valence-electron chi connectivity index (χ3n) is 6.29. The van der Waals surface area contributed by atoms with E-state index in [4.69, 9.17) is 0 Å². The lowest BCUT2D eigenvalue weighted by Crippen LogP contribution is -2.82. The second kappa shape index (κ2) is 11.2. The Bertz CT molecular complexity index is 635. The van der Waals surface area contributed by atoms with Gasteiger partial charge in [-0.2, -0.15) is 8.42 Å². The molecule has 0 saturated heterocycles. The van der Waals surface area contributed by atoms with Crippen LogP contribution in [0.5, 0.6) is 0 Å². The third kappa shape index (κ3) is 6.40. The minimum absolute atomic E-state index is 0.0731. The highest BCUT2D eigenvalue weighted by Gasteiger charge is 2.72. The van der Waals surface area contributed by atoms with Crippen LogP contribution in [-0.4, -0.2) is 60.1 Å². The molecule has 0 aliphatic heterocycles. The zero-order valence-corrected chi connectivity index (χ0v) is 21.0. The van der Waals surface area contributed by atoms with E-state index in [1.165, 1.54) is 53.2 Å². The van der Waals surface area contributed by atoms with Crippen LogP contribution in [-0.2, 0) is 14.9 Å². The van der Waals surface area contributed by atoms with Crippen LogP contribution < -0.4 is 5.11 Å². The van der Waals surface area contributed by atoms with Gasteiger partial charge >= 0.3 is 10.1 Å². The number of aliphatic carboxylic acids is 1. The van der Waals surface area contributed by atoms with E-state index in [0.29, 0.717) is 6.42 Å². The first-order chi connectivity index (χ1) is 13.5. The number of carbonyl (C=O) groups is 1. The van der Waals surface area contributed by atoms with Crippen LogP contribution in [0.25, 0.3) is 0 Å². The van der Waals surface area contributed by atoms with E-state index >= 15 is 0 Å². The molecular weight excluding hydrogens is 406 g/mol. The van der Waals surface area contributed by atoms with Crippen molar-refractivity contribution in [3.63, 3.8) is 0 Å². The second-order valence-electron chi connectivity index (χ2n) is 10.5. The summed E-state index contributed by atoms with van der Waals surface area (Å²) in [7, 11) is -1.23. The van der Waals surface area contributed by atoms with E-state index in [0.717, 1.165) is 25.7 Å². The number of likely N-dealkylation sites (N-methyl/N-ethyl adjacent to an activating group) is 1. The fraction of sp³-hybridized carbons (Fsp3) is 0.955. The summed E-state index contributed by atoms with van der Waals surface area (Å²) in [5.74, 6) is -2.00. The van der Waals surface area contributed by atoms with Crippen LogP contribution in [0.4, 0.5) is 0 Å². The fourth-order valence-electron chi connectivity index (χ4n) is 4.58.